The van der Waals surface area contributed by atoms with E-state index in [-0.39, 0.29) is 23.7 Å². The van der Waals surface area contributed by atoms with E-state index in [2.05, 4.69) is 4.74 Å². The molecule has 3 N–H and O–H groups in total. The third kappa shape index (κ3) is 2.60. The molecule has 0 aliphatic heterocycles. The van der Waals surface area contributed by atoms with Crippen LogP contribution in [0.2, 0.25) is 0 Å². The zero-order valence-corrected chi connectivity index (χ0v) is 8.17. The Labute approximate surface area is 86.5 Å². The molecule has 1 aromatic rings. The minimum atomic E-state index is -1.59. The van der Waals surface area contributed by atoms with Crippen LogP contribution in [0.4, 0.5) is 0 Å². The predicted molar refractivity (Wildman–Crippen MR) is 51.4 cm³/mol. The molecule has 0 radical (unpaired) electrons. The number of carbonyl (C=O) groups is 1. The van der Waals surface area contributed by atoms with Gasteiger partial charge in [0, 0.05) is 5.56 Å². The molecule has 0 aromatic heterocycles. The SMILES string of the molecule is CCOC(=O)C(O)c1cc(O)ccc1O. The van der Waals surface area contributed by atoms with E-state index in [0.717, 1.165) is 6.07 Å². The fraction of sp³-hybridized carbons (Fsp3) is 0.300. The van der Waals surface area contributed by atoms with Gasteiger partial charge in [-0.2, -0.15) is 0 Å². The topological polar surface area (TPSA) is 87.0 Å². The standard InChI is InChI=1S/C10H12O5/c1-2-15-10(14)9(13)7-5-6(11)3-4-8(7)12/h3-5,9,11-13H,2H2,1H3. The first-order valence-corrected chi connectivity index (χ1v) is 4.42. The molecule has 0 fully saturated rings. The van der Waals surface area contributed by atoms with Gasteiger partial charge >= 0.3 is 5.97 Å². The molecular formula is C10H12O5. The molecule has 0 amide bonds. The Morgan fingerprint density at radius 1 is 1.47 bits per heavy atom. The number of hydrogen-bond donors (Lipinski definition) is 3. The monoisotopic (exact) mass is 212 g/mol. The van der Waals surface area contributed by atoms with Crippen LogP contribution in [0.1, 0.15) is 18.6 Å². The number of aliphatic hydroxyl groups excluding tert-OH is 1. The molecule has 0 saturated carbocycles. The van der Waals surface area contributed by atoms with Crippen molar-refractivity contribution in [2.24, 2.45) is 0 Å². The largest absolute Gasteiger partial charge is 0.508 e. The molecule has 5 heteroatoms. The van der Waals surface area contributed by atoms with Gasteiger partial charge in [0.2, 0.25) is 0 Å². The lowest BCUT2D eigenvalue weighted by molar-refractivity contribution is -0.153. The van der Waals surface area contributed by atoms with Crippen molar-refractivity contribution in [2.45, 2.75) is 13.0 Å². The second-order valence-electron chi connectivity index (χ2n) is 2.90. The summed E-state index contributed by atoms with van der Waals surface area (Å²) in [5, 5.41) is 27.9. The summed E-state index contributed by atoms with van der Waals surface area (Å²) in [5.74, 6) is -1.28. The highest BCUT2D eigenvalue weighted by Gasteiger charge is 2.22. The molecule has 1 unspecified atom stereocenters. The Hall–Kier alpha value is -1.75. The molecule has 5 nitrogen and oxygen atoms in total. The Morgan fingerprint density at radius 2 is 2.13 bits per heavy atom. The average Bonchev–Trinajstić information content (AvgIpc) is 2.21. The molecule has 0 aliphatic carbocycles. The van der Waals surface area contributed by atoms with Crippen molar-refractivity contribution in [2.75, 3.05) is 6.61 Å². The van der Waals surface area contributed by atoms with Gasteiger partial charge in [0.1, 0.15) is 11.5 Å². The van der Waals surface area contributed by atoms with Gasteiger partial charge in [0.15, 0.2) is 6.10 Å². The summed E-state index contributed by atoms with van der Waals surface area (Å²) in [4.78, 5) is 11.1. The molecule has 0 spiro atoms. The van der Waals surface area contributed by atoms with Crippen LogP contribution >= 0.6 is 0 Å². The maximum atomic E-state index is 11.1. The highest BCUT2D eigenvalue weighted by molar-refractivity contribution is 5.77. The van der Waals surface area contributed by atoms with Crippen molar-refractivity contribution in [1.29, 1.82) is 0 Å². The van der Waals surface area contributed by atoms with E-state index in [1.165, 1.54) is 12.1 Å². The number of aliphatic hydroxyl groups is 1. The molecule has 82 valence electrons. The molecule has 0 bridgehead atoms. The maximum absolute atomic E-state index is 11.1. The van der Waals surface area contributed by atoms with Gasteiger partial charge in [-0.3, -0.25) is 0 Å². The number of ether oxygens (including phenoxy) is 1. The lowest BCUT2D eigenvalue weighted by Gasteiger charge is -2.11. The first kappa shape index (κ1) is 11.3. The number of hydrogen-bond acceptors (Lipinski definition) is 5. The van der Waals surface area contributed by atoms with Crippen LogP contribution in [0.3, 0.4) is 0 Å². The van der Waals surface area contributed by atoms with Crippen molar-refractivity contribution in [3.8, 4) is 11.5 Å². The Balaban J connectivity index is 2.94. The van der Waals surface area contributed by atoms with Gasteiger partial charge in [-0.15, -0.1) is 0 Å². The van der Waals surface area contributed by atoms with Crippen molar-refractivity contribution < 1.29 is 24.9 Å². The van der Waals surface area contributed by atoms with E-state index in [4.69, 9.17) is 5.11 Å². The molecule has 0 saturated heterocycles. The summed E-state index contributed by atoms with van der Waals surface area (Å²) in [5.41, 5.74) is -0.0755. The van der Waals surface area contributed by atoms with E-state index < -0.39 is 12.1 Å². The summed E-state index contributed by atoms with van der Waals surface area (Å²) in [6.45, 7) is 1.74. The summed E-state index contributed by atoms with van der Waals surface area (Å²) in [6.07, 6.45) is -1.59. The smallest absolute Gasteiger partial charge is 0.339 e. The van der Waals surface area contributed by atoms with Crippen LogP contribution < -0.4 is 0 Å². The lowest BCUT2D eigenvalue weighted by Crippen LogP contribution is -2.15. The second-order valence-corrected chi connectivity index (χ2v) is 2.90. The van der Waals surface area contributed by atoms with Crippen LogP contribution in [-0.2, 0) is 9.53 Å². The minimum Gasteiger partial charge on any atom is -0.508 e. The van der Waals surface area contributed by atoms with E-state index >= 15 is 0 Å². The van der Waals surface area contributed by atoms with Gasteiger partial charge < -0.3 is 20.1 Å². The van der Waals surface area contributed by atoms with E-state index in [0.29, 0.717) is 0 Å². The van der Waals surface area contributed by atoms with E-state index in [9.17, 15) is 15.0 Å². The van der Waals surface area contributed by atoms with Crippen LogP contribution in [0.5, 0.6) is 11.5 Å². The number of phenols is 2. The minimum absolute atomic E-state index is 0.0755. The van der Waals surface area contributed by atoms with Crippen LogP contribution in [0.25, 0.3) is 0 Å². The second kappa shape index (κ2) is 4.65. The molecule has 15 heavy (non-hydrogen) atoms. The normalized spacial score (nSPS) is 12.1. The number of rotatable bonds is 3. The zero-order valence-electron chi connectivity index (χ0n) is 8.17. The van der Waals surface area contributed by atoms with Gasteiger partial charge in [0.05, 0.1) is 6.61 Å². The van der Waals surface area contributed by atoms with Crippen LogP contribution in [0, 0.1) is 0 Å². The van der Waals surface area contributed by atoms with Gasteiger partial charge in [-0.05, 0) is 25.1 Å². The number of phenolic OH excluding ortho intramolecular Hbond substituents is 2. The summed E-state index contributed by atoms with van der Waals surface area (Å²) < 4.78 is 4.57. The molecular weight excluding hydrogens is 200 g/mol. The number of benzene rings is 1. The maximum Gasteiger partial charge on any atom is 0.339 e. The van der Waals surface area contributed by atoms with Crippen molar-refractivity contribution in [3.63, 3.8) is 0 Å². The van der Waals surface area contributed by atoms with Gasteiger partial charge in [0.25, 0.3) is 0 Å². The Kier molecular flexibility index (Phi) is 3.51. The van der Waals surface area contributed by atoms with Gasteiger partial charge in [-0.25, -0.2) is 4.79 Å². The number of aromatic hydroxyl groups is 2. The number of carbonyl (C=O) groups excluding carboxylic acids is 1. The zero-order chi connectivity index (χ0) is 11.4. The summed E-state index contributed by atoms with van der Waals surface area (Å²) in [7, 11) is 0. The molecule has 1 aromatic carbocycles. The van der Waals surface area contributed by atoms with Crippen molar-refractivity contribution in [1.82, 2.24) is 0 Å². The predicted octanol–water partition coefficient (Wildman–Crippen LogP) is 0.694. The van der Waals surface area contributed by atoms with Gasteiger partial charge in [-0.1, -0.05) is 0 Å². The Morgan fingerprint density at radius 3 is 2.73 bits per heavy atom. The molecule has 0 heterocycles. The molecule has 1 rings (SSSR count). The van der Waals surface area contributed by atoms with Crippen molar-refractivity contribution >= 4 is 5.97 Å². The van der Waals surface area contributed by atoms with E-state index in [1.807, 2.05) is 0 Å². The highest BCUT2D eigenvalue weighted by atomic mass is 16.5. The van der Waals surface area contributed by atoms with Crippen LogP contribution in [0.15, 0.2) is 18.2 Å². The third-order valence-corrected chi connectivity index (χ3v) is 1.82. The fourth-order valence-corrected chi connectivity index (χ4v) is 1.11. The quantitative estimate of drug-likeness (QED) is 0.507. The number of esters is 1. The van der Waals surface area contributed by atoms with E-state index in [1.54, 1.807) is 6.92 Å². The van der Waals surface area contributed by atoms with Crippen molar-refractivity contribution in [3.05, 3.63) is 23.8 Å². The molecule has 0 aliphatic rings. The first-order valence-electron chi connectivity index (χ1n) is 4.42. The summed E-state index contributed by atoms with van der Waals surface area (Å²) >= 11 is 0. The van der Waals surface area contributed by atoms with Crippen LogP contribution in [-0.4, -0.2) is 27.9 Å². The Bertz CT molecular complexity index is 361. The lowest BCUT2D eigenvalue weighted by atomic mass is 10.1. The third-order valence-electron chi connectivity index (χ3n) is 1.82. The summed E-state index contributed by atoms with van der Waals surface area (Å²) in [6, 6.07) is 3.54. The first-order chi connectivity index (χ1) is 7.06. The molecule has 1 atom stereocenters. The average molecular weight is 212 g/mol. The fourth-order valence-electron chi connectivity index (χ4n) is 1.11. The highest BCUT2D eigenvalue weighted by Crippen LogP contribution is 2.28.